The van der Waals surface area contributed by atoms with Gasteiger partial charge in [0.25, 0.3) is 0 Å². The van der Waals surface area contributed by atoms with Crippen molar-refractivity contribution < 1.29 is 5.11 Å². The third-order valence-corrected chi connectivity index (χ3v) is 2.68. The molecule has 1 aromatic heterocycles. The van der Waals surface area contributed by atoms with Crippen LogP contribution in [0.5, 0.6) is 5.75 Å². The van der Waals surface area contributed by atoms with Crippen LogP contribution in [-0.4, -0.2) is 10.1 Å². The molecule has 0 saturated carbocycles. The monoisotopic (exact) mass is 240 g/mol. The van der Waals surface area contributed by atoms with Crippen molar-refractivity contribution in [1.82, 2.24) is 4.98 Å². The van der Waals surface area contributed by atoms with Crippen molar-refractivity contribution in [2.45, 2.75) is 12.5 Å². The second kappa shape index (κ2) is 5.87. The van der Waals surface area contributed by atoms with Gasteiger partial charge in [-0.05, 0) is 30.7 Å². The number of nitrogens with one attached hydrogen (secondary N) is 1. The summed E-state index contributed by atoms with van der Waals surface area (Å²) in [6, 6.07) is 13.0. The van der Waals surface area contributed by atoms with E-state index in [2.05, 4.69) is 16.9 Å². The van der Waals surface area contributed by atoms with Crippen molar-refractivity contribution in [3.63, 3.8) is 0 Å². The third-order valence-electron chi connectivity index (χ3n) is 2.68. The van der Waals surface area contributed by atoms with E-state index < -0.39 is 0 Å². The van der Waals surface area contributed by atoms with E-state index in [4.69, 9.17) is 0 Å². The van der Waals surface area contributed by atoms with Crippen molar-refractivity contribution in [1.29, 1.82) is 0 Å². The van der Waals surface area contributed by atoms with Crippen LogP contribution in [0.4, 0.5) is 5.69 Å². The molecular weight excluding hydrogens is 224 g/mol. The molecule has 0 saturated heterocycles. The molecule has 0 bridgehead atoms. The minimum Gasteiger partial charge on any atom is -0.506 e. The van der Waals surface area contributed by atoms with Crippen LogP contribution in [0.25, 0.3) is 0 Å². The molecule has 2 N–H and O–H groups in total. The highest BCUT2D eigenvalue weighted by Crippen LogP contribution is 2.27. The fourth-order valence-electron chi connectivity index (χ4n) is 1.79. The van der Waals surface area contributed by atoms with E-state index in [1.807, 2.05) is 36.4 Å². The zero-order valence-electron chi connectivity index (χ0n) is 10.1. The predicted molar refractivity (Wildman–Crippen MR) is 73.5 cm³/mol. The van der Waals surface area contributed by atoms with Gasteiger partial charge in [0.1, 0.15) is 5.75 Å². The summed E-state index contributed by atoms with van der Waals surface area (Å²) in [5.74, 6) is 0.238. The predicted octanol–water partition coefficient (Wildman–Crippen LogP) is 3.52. The average Bonchev–Trinajstić information content (AvgIpc) is 2.42. The zero-order chi connectivity index (χ0) is 12.8. The second-order valence-corrected chi connectivity index (χ2v) is 3.99. The number of nitrogens with zero attached hydrogens (tertiary/aromatic N) is 1. The Balaban J connectivity index is 2.22. The fraction of sp³-hybridized carbons (Fsp3) is 0.133. The van der Waals surface area contributed by atoms with Gasteiger partial charge in [0.05, 0.1) is 17.4 Å². The molecule has 0 fully saturated rings. The standard InChI is InChI=1S/C15H16N2O/c1-2-7-13(12-8-5-6-11-16-12)17-14-9-3-4-10-15(14)18/h2-6,8-11,13,17-18H,1,7H2. The molecular formula is C15H16N2O. The van der Waals surface area contributed by atoms with Gasteiger partial charge in [-0.3, -0.25) is 4.98 Å². The van der Waals surface area contributed by atoms with Crippen molar-refractivity contribution in [3.8, 4) is 5.75 Å². The molecule has 2 aromatic rings. The van der Waals surface area contributed by atoms with E-state index in [-0.39, 0.29) is 11.8 Å². The number of phenols is 1. The van der Waals surface area contributed by atoms with Gasteiger partial charge in [0.2, 0.25) is 0 Å². The van der Waals surface area contributed by atoms with Crippen LogP contribution in [0, 0.1) is 0 Å². The van der Waals surface area contributed by atoms with Crippen molar-refractivity contribution in [2.24, 2.45) is 0 Å². The van der Waals surface area contributed by atoms with E-state index in [9.17, 15) is 5.11 Å². The number of rotatable bonds is 5. The number of benzene rings is 1. The molecule has 3 heteroatoms. The van der Waals surface area contributed by atoms with Crippen LogP contribution >= 0.6 is 0 Å². The minimum atomic E-state index is 0.0111. The van der Waals surface area contributed by atoms with E-state index in [1.165, 1.54) is 0 Å². The van der Waals surface area contributed by atoms with E-state index in [1.54, 1.807) is 18.3 Å². The summed E-state index contributed by atoms with van der Waals surface area (Å²) >= 11 is 0. The number of phenolic OH excluding ortho intramolecular Hbond substituents is 1. The lowest BCUT2D eigenvalue weighted by molar-refractivity contribution is 0.476. The first-order valence-electron chi connectivity index (χ1n) is 5.87. The van der Waals surface area contributed by atoms with Crippen LogP contribution in [-0.2, 0) is 0 Å². The number of anilines is 1. The fourth-order valence-corrected chi connectivity index (χ4v) is 1.79. The summed E-state index contributed by atoms with van der Waals surface area (Å²) in [6.45, 7) is 3.76. The quantitative estimate of drug-likeness (QED) is 0.621. The Morgan fingerprint density at radius 2 is 2.00 bits per heavy atom. The summed E-state index contributed by atoms with van der Waals surface area (Å²) in [5.41, 5.74) is 1.63. The first-order valence-corrected chi connectivity index (χ1v) is 5.87. The maximum atomic E-state index is 9.77. The Morgan fingerprint density at radius 1 is 1.22 bits per heavy atom. The molecule has 1 heterocycles. The summed E-state index contributed by atoms with van der Waals surface area (Å²) in [6.07, 6.45) is 4.34. The number of aromatic nitrogens is 1. The summed E-state index contributed by atoms with van der Waals surface area (Å²) in [5, 5.41) is 13.0. The van der Waals surface area contributed by atoms with Gasteiger partial charge in [0, 0.05) is 6.20 Å². The molecule has 1 unspecified atom stereocenters. The molecule has 1 atom stereocenters. The Hall–Kier alpha value is -2.29. The van der Waals surface area contributed by atoms with E-state index in [0.717, 1.165) is 12.1 Å². The normalized spacial score (nSPS) is 11.8. The van der Waals surface area contributed by atoms with Gasteiger partial charge in [-0.1, -0.05) is 24.3 Å². The van der Waals surface area contributed by atoms with Crippen LogP contribution in [0.3, 0.4) is 0 Å². The van der Waals surface area contributed by atoms with Crippen LogP contribution < -0.4 is 5.32 Å². The number of hydrogen-bond acceptors (Lipinski definition) is 3. The molecule has 0 aliphatic heterocycles. The minimum absolute atomic E-state index is 0.0111. The first-order chi connectivity index (χ1) is 8.81. The first kappa shape index (κ1) is 12.2. The molecule has 1 aromatic carbocycles. The molecule has 2 rings (SSSR count). The molecule has 3 nitrogen and oxygen atoms in total. The molecule has 0 aliphatic rings. The zero-order valence-corrected chi connectivity index (χ0v) is 10.1. The highest BCUT2D eigenvalue weighted by molar-refractivity contribution is 5.56. The van der Waals surface area contributed by atoms with Crippen molar-refractivity contribution >= 4 is 5.69 Å². The van der Waals surface area contributed by atoms with Gasteiger partial charge in [-0.25, -0.2) is 0 Å². The molecule has 18 heavy (non-hydrogen) atoms. The maximum absolute atomic E-state index is 9.77. The van der Waals surface area contributed by atoms with Crippen LogP contribution in [0.1, 0.15) is 18.2 Å². The lowest BCUT2D eigenvalue weighted by atomic mass is 10.1. The molecule has 0 radical (unpaired) electrons. The number of para-hydroxylation sites is 2. The summed E-state index contributed by atoms with van der Waals surface area (Å²) < 4.78 is 0. The van der Waals surface area contributed by atoms with Gasteiger partial charge in [-0.15, -0.1) is 6.58 Å². The number of pyridine rings is 1. The molecule has 0 amide bonds. The van der Waals surface area contributed by atoms with E-state index in [0.29, 0.717) is 5.69 Å². The van der Waals surface area contributed by atoms with Gasteiger partial charge < -0.3 is 10.4 Å². The van der Waals surface area contributed by atoms with E-state index >= 15 is 0 Å². The van der Waals surface area contributed by atoms with Crippen LogP contribution in [0.2, 0.25) is 0 Å². The Labute approximate surface area is 107 Å². The Morgan fingerprint density at radius 3 is 2.67 bits per heavy atom. The highest BCUT2D eigenvalue weighted by atomic mass is 16.3. The summed E-state index contributed by atoms with van der Waals surface area (Å²) in [4.78, 5) is 4.33. The smallest absolute Gasteiger partial charge is 0.138 e. The SMILES string of the molecule is C=CCC(Nc1ccccc1O)c1ccccn1. The lowest BCUT2D eigenvalue weighted by Gasteiger charge is -2.18. The van der Waals surface area contributed by atoms with Crippen molar-refractivity contribution in [3.05, 3.63) is 67.0 Å². The van der Waals surface area contributed by atoms with Crippen LogP contribution in [0.15, 0.2) is 61.3 Å². The second-order valence-electron chi connectivity index (χ2n) is 3.99. The third kappa shape index (κ3) is 2.88. The molecule has 92 valence electrons. The van der Waals surface area contributed by atoms with Gasteiger partial charge in [0.15, 0.2) is 0 Å². The van der Waals surface area contributed by atoms with Gasteiger partial charge in [-0.2, -0.15) is 0 Å². The number of hydrogen-bond donors (Lipinski definition) is 2. The maximum Gasteiger partial charge on any atom is 0.138 e. The van der Waals surface area contributed by atoms with Gasteiger partial charge >= 0.3 is 0 Å². The Bertz CT molecular complexity index is 511. The van der Waals surface area contributed by atoms with Crippen molar-refractivity contribution in [2.75, 3.05) is 5.32 Å². The Kier molecular flexibility index (Phi) is 3.97. The lowest BCUT2D eigenvalue weighted by Crippen LogP contribution is -2.11. The molecule has 0 aliphatic carbocycles. The summed E-state index contributed by atoms with van der Waals surface area (Å²) in [7, 11) is 0. The topological polar surface area (TPSA) is 45.1 Å². The highest BCUT2D eigenvalue weighted by Gasteiger charge is 2.12. The number of aromatic hydroxyl groups is 1. The largest absolute Gasteiger partial charge is 0.506 e. The molecule has 0 spiro atoms. The average molecular weight is 240 g/mol.